The molecule has 0 unspecified atom stereocenters. The second-order valence-corrected chi connectivity index (χ2v) is 4.18. The lowest BCUT2D eigenvalue weighted by molar-refractivity contribution is 0.305. The Labute approximate surface area is 111 Å². The number of hydrogen-bond acceptors (Lipinski definition) is 2. The number of nitrogens with zero attached hydrogens (tertiary/aromatic N) is 2. The summed E-state index contributed by atoms with van der Waals surface area (Å²) in [5, 5.41) is 8.63. The van der Waals surface area contributed by atoms with Crippen LogP contribution in [0.15, 0.2) is 30.6 Å². The van der Waals surface area contributed by atoms with Gasteiger partial charge in [-0.1, -0.05) is 17.9 Å². The summed E-state index contributed by atoms with van der Waals surface area (Å²) >= 11 is 0. The van der Waals surface area contributed by atoms with Gasteiger partial charge in [0.25, 0.3) is 0 Å². The lowest BCUT2D eigenvalue weighted by atomic mass is 10.1. The molecule has 1 aromatic heterocycles. The van der Waals surface area contributed by atoms with Gasteiger partial charge in [-0.3, -0.25) is 0 Å². The van der Waals surface area contributed by atoms with E-state index in [4.69, 9.17) is 5.11 Å². The van der Waals surface area contributed by atoms with Crippen LogP contribution in [0.2, 0.25) is 0 Å². The molecule has 0 aliphatic rings. The Balaban J connectivity index is 2.16. The van der Waals surface area contributed by atoms with E-state index in [-0.39, 0.29) is 12.4 Å². The summed E-state index contributed by atoms with van der Waals surface area (Å²) in [5.74, 6) is 6.16. The number of hydrogen-bond donors (Lipinski definition) is 1. The predicted molar refractivity (Wildman–Crippen MR) is 71.0 cm³/mol. The minimum absolute atomic E-state index is 0.0213. The van der Waals surface area contributed by atoms with Crippen LogP contribution in [0.25, 0.3) is 0 Å². The maximum Gasteiger partial charge on any atom is 0.129 e. The number of rotatable bonds is 3. The van der Waals surface area contributed by atoms with Crippen LogP contribution in [0.3, 0.4) is 0 Å². The molecule has 1 N–H and O–H groups in total. The molecule has 0 bridgehead atoms. The fraction of sp³-hybridized carbons (Fsp3) is 0.267. The fourth-order valence-electron chi connectivity index (χ4n) is 1.73. The maximum absolute atomic E-state index is 13.9. The molecular formula is C15H15FN2O. The summed E-state index contributed by atoms with van der Waals surface area (Å²) in [6, 6.07) is 4.94. The highest BCUT2D eigenvalue weighted by molar-refractivity contribution is 5.37. The van der Waals surface area contributed by atoms with E-state index in [9.17, 15) is 4.39 Å². The third-order valence-electron chi connectivity index (χ3n) is 2.79. The molecule has 0 amide bonds. The second-order valence-electron chi connectivity index (χ2n) is 4.18. The number of aryl methyl sites for hydroxylation is 1. The fourth-order valence-corrected chi connectivity index (χ4v) is 1.73. The van der Waals surface area contributed by atoms with E-state index in [0.717, 1.165) is 5.82 Å². The van der Waals surface area contributed by atoms with Crippen LogP contribution in [0.4, 0.5) is 4.39 Å². The molecule has 0 aliphatic carbocycles. The average molecular weight is 258 g/mol. The van der Waals surface area contributed by atoms with Gasteiger partial charge >= 0.3 is 0 Å². The molecular weight excluding hydrogens is 243 g/mol. The highest BCUT2D eigenvalue weighted by Gasteiger charge is 2.05. The van der Waals surface area contributed by atoms with Crippen molar-refractivity contribution in [1.29, 1.82) is 0 Å². The highest BCUT2D eigenvalue weighted by atomic mass is 19.1. The van der Waals surface area contributed by atoms with E-state index in [0.29, 0.717) is 24.1 Å². The molecule has 1 aromatic carbocycles. The van der Waals surface area contributed by atoms with E-state index < -0.39 is 0 Å². The molecule has 0 saturated carbocycles. The van der Waals surface area contributed by atoms with Crippen LogP contribution in [0.5, 0.6) is 0 Å². The zero-order valence-corrected chi connectivity index (χ0v) is 10.7. The minimum Gasteiger partial charge on any atom is -0.395 e. The van der Waals surface area contributed by atoms with Crippen LogP contribution in [0, 0.1) is 24.6 Å². The van der Waals surface area contributed by atoms with Crippen molar-refractivity contribution in [3.63, 3.8) is 0 Å². The summed E-state index contributed by atoms with van der Waals surface area (Å²) in [5.41, 5.74) is 1.23. The van der Waals surface area contributed by atoms with E-state index in [2.05, 4.69) is 16.8 Å². The first kappa shape index (κ1) is 13.3. The lowest BCUT2D eigenvalue weighted by Crippen LogP contribution is -2.03. The Kier molecular flexibility index (Phi) is 4.32. The standard InChI is InChI=1S/C15H15FN2O/c1-12-17-7-8-18(12)11-14-6-5-13(10-15(14)16)4-2-3-9-19/h5-8,10,19H,3,9,11H2,1H3. The number of aliphatic hydroxyl groups is 1. The van der Waals surface area contributed by atoms with E-state index in [1.807, 2.05) is 17.7 Å². The topological polar surface area (TPSA) is 38.0 Å². The van der Waals surface area contributed by atoms with Gasteiger partial charge in [-0.05, 0) is 19.1 Å². The number of halogens is 1. The van der Waals surface area contributed by atoms with Crippen molar-refractivity contribution in [2.24, 2.45) is 0 Å². The summed E-state index contributed by atoms with van der Waals surface area (Å²) in [4.78, 5) is 4.10. The Bertz CT molecular complexity index is 623. The Hall–Kier alpha value is -2.12. The monoisotopic (exact) mass is 258 g/mol. The van der Waals surface area contributed by atoms with Crippen molar-refractivity contribution in [2.75, 3.05) is 6.61 Å². The summed E-state index contributed by atoms with van der Waals surface area (Å²) in [7, 11) is 0. The third kappa shape index (κ3) is 3.43. The lowest BCUT2D eigenvalue weighted by Gasteiger charge is -2.06. The van der Waals surface area contributed by atoms with Gasteiger partial charge < -0.3 is 9.67 Å². The molecule has 2 rings (SSSR count). The zero-order chi connectivity index (χ0) is 13.7. The Morgan fingerprint density at radius 2 is 2.26 bits per heavy atom. The first-order chi connectivity index (χ1) is 9.20. The van der Waals surface area contributed by atoms with Gasteiger partial charge in [0.2, 0.25) is 0 Å². The van der Waals surface area contributed by atoms with Gasteiger partial charge in [0.15, 0.2) is 0 Å². The first-order valence-electron chi connectivity index (χ1n) is 6.06. The Morgan fingerprint density at radius 1 is 1.42 bits per heavy atom. The first-order valence-corrected chi connectivity index (χ1v) is 6.06. The van der Waals surface area contributed by atoms with E-state index >= 15 is 0 Å². The number of imidazole rings is 1. The third-order valence-corrected chi connectivity index (χ3v) is 2.79. The number of benzene rings is 1. The van der Waals surface area contributed by atoms with Crippen molar-refractivity contribution in [3.8, 4) is 11.8 Å². The molecule has 0 radical (unpaired) electrons. The van der Waals surface area contributed by atoms with Crippen molar-refractivity contribution in [2.45, 2.75) is 19.9 Å². The normalized spacial score (nSPS) is 10.1. The SMILES string of the molecule is Cc1nccn1Cc1ccc(C#CCCO)cc1F. The maximum atomic E-state index is 13.9. The van der Waals surface area contributed by atoms with Crippen molar-refractivity contribution < 1.29 is 9.50 Å². The highest BCUT2D eigenvalue weighted by Crippen LogP contribution is 2.12. The van der Waals surface area contributed by atoms with Gasteiger partial charge in [-0.15, -0.1) is 0 Å². The van der Waals surface area contributed by atoms with Crippen molar-refractivity contribution >= 4 is 0 Å². The van der Waals surface area contributed by atoms with E-state index in [1.165, 1.54) is 6.07 Å². The minimum atomic E-state index is -0.274. The largest absolute Gasteiger partial charge is 0.395 e. The van der Waals surface area contributed by atoms with Crippen LogP contribution >= 0.6 is 0 Å². The molecule has 2 aromatic rings. The Morgan fingerprint density at radius 3 is 2.89 bits per heavy atom. The molecule has 0 saturated heterocycles. The van der Waals surface area contributed by atoms with Crippen LogP contribution < -0.4 is 0 Å². The number of aromatic nitrogens is 2. The van der Waals surface area contributed by atoms with Crippen molar-refractivity contribution in [1.82, 2.24) is 9.55 Å². The summed E-state index contributed by atoms with van der Waals surface area (Å²) in [6.45, 7) is 2.36. The van der Waals surface area contributed by atoms with Gasteiger partial charge in [-0.2, -0.15) is 0 Å². The smallest absolute Gasteiger partial charge is 0.129 e. The van der Waals surface area contributed by atoms with Gasteiger partial charge in [0, 0.05) is 29.9 Å². The van der Waals surface area contributed by atoms with E-state index in [1.54, 1.807) is 18.3 Å². The molecule has 0 atom stereocenters. The number of aliphatic hydroxyl groups excluding tert-OH is 1. The van der Waals surface area contributed by atoms with Crippen molar-refractivity contribution in [3.05, 3.63) is 53.4 Å². The molecule has 3 nitrogen and oxygen atoms in total. The molecule has 0 fully saturated rings. The average Bonchev–Trinajstić information content (AvgIpc) is 2.79. The predicted octanol–water partition coefficient (Wildman–Crippen LogP) is 2.11. The molecule has 0 spiro atoms. The quantitative estimate of drug-likeness (QED) is 0.856. The molecule has 0 aliphatic heterocycles. The van der Waals surface area contributed by atoms with Crippen LogP contribution in [-0.4, -0.2) is 21.3 Å². The van der Waals surface area contributed by atoms with Crippen LogP contribution in [-0.2, 0) is 6.54 Å². The summed E-state index contributed by atoms with van der Waals surface area (Å²) < 4.78 is 15.8. The van der Waals surface area contributed by atoms with Crippen LogP contribution in [0.1, 0.15) is 23.4 Å². The second kappa shape index (κ2) is 6.17. The molecule has 4 heteroatoms. The summed E-state index contributed by atoms with van der Waals surface area (Å²) in [6.07, 6.45) is 3.92. The molecule has 1 heterocycles. The molecule has 19 heavy (non-hydrogen) atoms. The van der Waals surface area contributed by atoms with Gasteiger partial charge in [0.05, 0.1) is 13.2 Å². The zero-order valence-electron chi connectivity index (χ0n) is 10.7. The van der Waals surface area contributed by atoms with Gasteiger partial charge in [-0.25, -0.2) is 9.37 Å². The molecule has 98 valence electrons. The van der Waals surface area contributed by atoms with Gasteiger partial charge in [0.1, 0.15) is 11.6 Å².